The Balaban J connectivity index is 1.93. The zero-order valence-electron chi connectivity index (χ0n) is 12.1. The van der Waals surface area contributed by atoms with E-state index in [2.05, 4.69) is 15.5 Å². The zero-order valence-corrected chi connectivity index (χ0v) is 12.9. The van der Waals surface area contributed by atoms with Crippen LogP contribution in [0.15, 0.2) is 28.9 Å². The predicted molar refractivity (Wildman–Crippen MR) is 80.0 cm³/mol. The molecule has 0 aliphatic heterocycles. The van der Waals surface area contributed by atoms with E-state index in [9.17, 15) is 4.79 Å². The second kappa shape index (κ2) is 6.69. The highest BCUT2D eigenvalue weighted by Gasteiger charge is 2.19. The van der Waals surface area contributed by atoms with E-state index in [0.717, 1.165) is 11.3 Å². The first-order valence-electron chi connectivity index (χ1n) is 6.50. The molecule has 6 nitrogen and oxygen atoms in total. The Labute approximate surface area is 128 Å². The van der Waals surface area contributed by atoms with Gasteiger partial charge in [0.25, 0.3) is 0 Å². The number of rotatable bonds is 5. The van der Waals surface area contributed by atoms with Crippen LogP contribution < -0.4 is 5.32 Å². The van der Waals surface area contributed by atoms with Gasteiger partial charge in [-0.15, -0.1) is 0 Å². The molecule has 0 aromatic carbocycles. The Morgan fingerprint density at radius 3 is 2.86 bits per heavy atom. The highest BCUT2D eigenvalue weighted by molar-refractivity contribution is 6.29. The molecule has 2 heterocycles. The predicted octanol–water partition coefficient (Wildman–Crippen LogP) is 2.49. The molecule has 0 radical (unpaired) electrons. The molecule has 2 aromatic rings. The average molecular weight is 309 g/mol. The van der Waals surface area contributed by atoms with E-state index in [1.165, 1.54) is 0 Å². The highest BCUT2D eigenvalue weighted by atomic mass is 35.5. The molecule has 0 aliphatic carbocycles. The summed E-state index contributed by atoms with van der Waals surface area (Å²) in [5, 5.41) is 6.87. The van der Waals surface area contributed by atoms with Crippen molar-refractivity contribution in [3.63, 3.8) is 0 Å². The molecule has 21 heavy (non-hydrogen) atoms. The van der Waals surface area contributed by atoms with Crippen LogP contribution in [-0.4, -0.2) is 34.0 Å². The first kappa shape index (κ1) is 15.5. The van der Waals surface area contributed by atoms with Gasteiger partial charge in [-0.3, -0.25) is 15.0 Å². The molecule has 0 fully saturated rings. The van der Waals surface area contributed by atoms with Crippen LogP contribution in [0.4, 0.5) is 5.88 Å². The molecule has 0 aliphatic rings. The van der Waals surface area contributed by atoms with Gasteiger partial charge in [-0.05, 0) is 32.5 Å². The molecule has 0 saturated carbocycles. The van der Waals surface area contributed by atoms with E-state index in [1.54, 1.807) is 25.3 Å². The van der Waals surface area contributed by atoms with Gasteiger partial charge >= 0.3 is 0 Å². The molecule has 2 rings (SSSR count). The maximum Gasteiger partial charge on any atom is 0.243 e. The molecule has 7 heteroatoms. The minimum absolute atomic E-state index is 0.157. The molecule has 0 bridgehead atoms. The van der Waals surface area contributed by atoms with Crippen LogP contribution in [0, 0.1) is 6.92 Å². The van der Waals surface area contributed by atoms with Crippen LogP contribution in [0.3, 0.4) is 0 Å². The van der Waals surface area contributed by atoms with Gasteiger partial charge in [0, 0.05) is 18.8 Å². The van der Waals surface area contributed by atoms with Crippen molar-refractivity contribution in [1.29, 1.82) is 0 Å². The number of carbonyl (C=O) groups excluding carboxylic acids is 1. The van der Waals surface area contributed by atoms with Crippen molar-refractivity contribution >= 4 is 23.4 Å². The van der Waals surface area contributed by atoms with Crippen LogP contribution in [0.1, 0.15) is 18.2 Å². The van der Waals surface area contributed by atoms with Gasteiger partial charge in [0.05, 0.1) is 11.7 Å². The van der Waals surface area contributed by atoms with Crippen LogP contribution >= 0.6 is 11.6 Å². The van der Waals surface area contributed by atoms with Crippen molar-refractivity contribution in [1.82, 2.24) is 15.0 Å². The molecule has 1 atom stereocenters. The van der Waals surface area contributed by atoms with Crippen LogP contribution in [-0.2, 0) is 11.3 Å². The number of hydrogen-bond acceptors (Lipinski definition) is 5. The molecule has 0 spiro atoms. The molecular formula is C14H17ClN4O2. The van der Waals surface area contributed by atoms with E-state index in [-0.39, 0.29) is 11.9 Å². The van der Waals surface area contributed by atoms with Gasteiger partial charge < -0.3 is 4.52 Å². The Kier molecular flexibility index (Phi) is 4.93. The number of amides is 1. The number of nitrogens with one attached hydrogen (secondary N) is 1. The zero-order chi connectivity index (χ0) is 15.4. The summed E-state index contributed by atoms with van der Waals surface area (Å²) in [4.78, 5) is 18.1. The molecule has 0 saturated heterocycles. The molecule has 112 valence electrons. The van der Waals surface area contributed by atoms with Gasteiger partial charge in [0.1, 0.15) is 5.15 Å². The lowest BCUT2D eigenvalue weighted by atomic mass is 10.2. The number of carbonyl (C=O) groups is 1. The number of likely N-dealkylation sites (N-methyl/N-ethyl adjacent to an activating group) is 1. The van der Waals surface area contributed by atoms with Crippen molar-refractivity contribution in [3.05, 3.63) is 40.8 Å². The van der Waals surface area contributed by atoms with Gasteiger partial charge in [-0.2, -0.15) is 0 Å². The normalized spacial score (nSPS) is 12.4. The Morgan fingerprint density at radius 1 is 1.52 bits per heavy atom. The van der Waals surface area contributed by atoms with E-state index < -0.39 is 0 Å². The summed E-state index contributed by atoms with van der Waals surface area (Å²) in [6, 6.07) is 4.96. The van der Waals surface area contributed by atoms with E-state index in [4.69, 9.17) is 16.1 Å². The maximum atomic E-state index is 12.1. The lowest BCUT2D eigenvalue weighted by Gasteiger charge is -2.23. The van der Waals surface area contributed by atoms with Gasteiger partial charge in [-0.1, -0.05) is 22.8 Å². The summed E-state index contributed by atoms with van der Waals surface area (Å²) >= 11 is 5.75. The number of nitrogens with zero attached hydrogens (tertiary/aromatic N) is 3. The summed E-state index contributed by atoms with van der Waals surface area (Å²) in [7, 11) is 1.87. The lowest BCUT2D eigenvalue weighted by molar-refractivity contribution is -0.120. The standard InChI is InChI=1S/C14H17ClN4O2/c1-9-6-13(21-18-9)17-14(20)10(2)19(3)8-11-4-5-12(15)16-7-11/h4-7,10H,8H2,1-3H3,(H,17,20)/t10-/m0/s1. The Bertz CT molecular complexity index is 612. The summed E-state index contributed by atoms with van der Waals surface area (Å²) < 4.78 is 4.97. The summed E-state index contributed by atoms with van der Waals surface area (Å²) in [5.41, 5.74) is 1.70. The number of pyridine rings is 1. The first-order chi connectivity index (χ1) is 9.95. The summed E-state index contributed by atoms with van der Waals surface area (Å²) in [5.74, 6) is 0.196. The van der Waals surface area contributed by atoms with Crippen molar-refractivity contribution in [2.75, 3.05) is 12.4 Å². The molecule has 0 unspecified atom stereocenters. The largest absolute Gasteiger partial charge is 0.338 e. The molecule has 1 amide bonds. The number of halogens is 1. The fourth-order valence-electron chi connectivity index (χ4n) is 1.77. The third-order valence-electron chi connectivity index (χ3n) is 3.14. The van der Waals surface area contributed by atoms with Crippen LogP contribution in [0.2, 0.25) is 5.15 Å². The van der Waals surface area contributed by atoms with Crippen molar-refractivity contribution in [2.45, 2.75) is 26.4 Å². The fourth-order valence-corrected chi connectivity index (χ4v) is 1.89. The lowest BCUT2D eigenvalue weighted by Crippen LogP contribution is -2.39. The smallest absolute Gasteiger partial charge is 0.243 e. The topological polar surface area (TPSA) is 71.3 Å². The van der Waals surface area contributed by atoms with Crippen molar-refractivity contribution in [3.8, 4) is 0 Å². The molecule has 1 N–H and O–H groups in total. The molecular weight excluding hydrogens is 292 g/mol. The maximum absolute atomic E-state index is 12.1. The third-order valence-corrected chi connectivity index (χ3v) is 3.36. The average Bonchev–Trinajstić information content (AvgIpc) is 2.85. The number of hydrogen-bond donors (Lipinski definition) is 1. The van der Waals surface area contributed by atoms with Crippen molar-refractivity contribution < 1.29 is 9.32 Å². The number of aryl methyl sites for hydroxylation is 1. The quantitative estimate of drug-likeness (QED) is 0.859. The van der Waals surface area contributed by atoms with E-state index in [1.807, 2.05) is 24.9 Å². The Morgan fingerprint density at radius 2 is 2.29 bits per heavy atom. The minimum atomic E-state index is -0.328. The van der Waals surface area contributed by atoms with E-state index in [0.29, 0.717) is 17.6 Å². The third kappa shape index (κ3) is 4.27. The minimum Gasteiger partial charge on any atom is -0.338 e. The van der Waals surface area contributed by atoms with Gasteiger partial charge in [0.2, 0.25) is 11.8 Å². The molecule has 2 aromatic heterocycles. The van der Waals surface area contributed by atoms with Crippen LogP contribution in [0.5, 0.6) is 0 Å². The van der Waals surface area contributed by atoms with Gasteiger partial charge in [0.15, 0.2) is 0 Å². The second-order valence-electron chi connectivity index (χ2n) is 4.90. The van der Waals surface area contributed by atoms with E-state index >= 15 is 0 Å². The highest BCUT2D eigenvalue weighted by Crippen LogP contribution is 2.12. The summed E-state index contributed by atoms with van der Waals surface area (Å²) in [6.45, 7) is 4.21. The fraction of sp³-hybridized carbons (Fsp3) is 0.357. The number of aromatic nitrogens is 2. The van der Waals surface area contributed by atoms with Gasteiger partial charge in [-0.25, -0.2) is 4.98 Å². The number of anilines is 1. The summed E-state index contributed by atoms with van der Waals surface area (Å²) in [6.07, 6.45) is 1.70. The van der Waals surface area contributed by atoms with Crippen molar-refractivity contribution in [2.24, 2.45) is 0 Å². The second-order valence-corrected chi connectivity index (χ2v) is 5.29. The monoisotopic (exact) mass is 308 g/mol. The Hall–Kier alpha value is -1.92. The van der Waals surface area contributed by atoms with Crippen LogP contribution in [0.25, 0.3) is 0 Å². The SMILES string of the molecule is Cc1cc(NC(=O)[C@H](C)N(C)Cc2ccc(Cl)nc2)on1. The first-order valence-corrected chi connectivity index (χ1v) is 6.88.